The first kappa shape index (κ1) is 6.93. The quantitative estimate of drug-likeness (QED) is 0.573. The number of hydrogen-bond donors (Lipinski definition) is 0. The summed E-state index contributed by atoms with van der Waals surface area (Å²) in [4.78, 5) is 14.7. The van der Waals surface area contributed by atoms with Gasteiger partial charge in [-0.05, 0) is 19.1 Å². The lowest BCUT2D eigenvalue weighted by molar-refractivity contribution is 0.0995. The van der Waals surface area contributed by atoms with E-state index in [0.29, 0.717) is 12.0 Å². The monoisotopic (exact) mass is 134 g/mol. The molecule has 51 valence electrons. The van der Waals surface area contributed by atoms with Gasteiger partial charge in [-0.25, -0.2) is 0 Å². The van der Waals surface area contributed by atoms with Gasteiger partial charge in [-0.1, -0.05) is 0 Å². The molecule has 0 spiro atoms. The molecule has 0 saturated heterocycles. The third-order valence-electron chi connectivity index (χ3n) is 1.23. The van der Waals surface area contributed by atoms with Crippen molar-refractivity contribution in [2.24, 2.45) is 0 Å². The molecular formula is C8H8NO. The van der Waals surface area contributed by atoms with Crippen LogP contribution < -0.4 is 0 Å². The van der Waals surface area contributed by atoms with Gasteiger partial charge >= 0.3 is 0 Å². The summed E-state index contributed by atoms with van der Waals surface area (Å²) in [6.45, 7) is 3.49. The zero-order chi connectivity index (χ0) is 7.40. The third-order valence-corrected chi connectivity index (χ3v) is 1.23. The van der Waals surface area contributed by atoms with E-state index < -0.39 is 0 Å². The lowest BCUT2D eigenvalue weighted by Crippen LogP contribution is -1.95. The lowest BCUT2D eigenvalue weighted by Gasteiger charge is -1.93. The molecule has 1 aromatic rings. The Bertz CT molecular complexity index is 218. The number of carbonyl (C=O) groups is 1. The van der Waals surface area contributed by atoms with Crippen molar-refractivity contribution in [1.29, 1.82) is 0 Å². The molecule has 0 aliphatic carbocycles. The van der Waals surface area contributed by atoms with Crippen LogP contribution in [0.15, 0.2) is 24.5 Å². The highest BCUT2D eigenvalue weighted by atomic mass is 16.1. The molecular weight excluding hydrogens is 126 g/mol. The van der Waals surface area contributed by atoms with E-state index in [0.717, 1.165) is 0 Å². The molecule has 0 N–H and O–H groups in total. The van der Waals surface area contributed by atoms with Crippen molar-refractivity contribution < 1.29 is 4.79 Å². The maximum Gasteiger partial charge on any atom is 0.162 e. The molecule has 0 aliphatic rings. The van der Waals surface area contributed by atoms with Gasteiger partial charge in [0.25, 0.3) is 0 Å². The van der Waals surface area contributed by atoms with Gasteiger partial charge in [0.15, 0.2) is 5.78 Å². The van der Waals surface area contributed by atoms with E-state index in [-0.39, 0.29) is 5.78 Å². The van der Waals surface area contributed by atoms with Crippen molar-refractivity contribution in [3.05, 3.63) is 37.0 Å². The normalized spacial score (nSPS) is 9.30. The number of nitrogens with zero attached hydrogens (tertiary/aromatic N) is 1. The van der Waals surface area contributed by atoms with E-state index in [1.165, 1.54) is 0 Å². The fraction of sp³-hybridized carbons (Fsp3) is 0.125. The number of pyridine rings is 1. The van der Waals surface area contributed by atoms with Crippen molar-refractivity contribution in [2.45, 2.75) is 6.42 Å². The molecule has 0 saturated carbocycles. The zero-order valence-corrected chi connectivity index (χ0v) is 5.58. The van der Waals surface area contributed by atoms with Crippen LogP contribution in [-0.2, 0) is 0 Å². The zero-order valence-electron chi connectivity index (χ0n) is 5.58. The molecule has 1 aromatic heterocycles. The minimum Gasteiger partial charge on any atom is -0.294 e. The summed E-state index contributed by atoms with van der Waals surface area (Å²) in [6.07, 6.45) is 3.51. The van der Waals surface area contributed by atoms with Crippen LogP contribution in [0.5, 0.6) is 0 Å². The molecule has 1 rings (SSSR count). The standard InChI is InChI=1S/C8H8NO/c1-2-8(10)7-3-5-9-6-4-7/h3-6H,1-2H2. The predicted molar refractivity (Wildman–Crippen MR) is 38.5 cm³/mol. The maximum absolute atomic E-state index is 10.9. The Hall–Kier alpha value is -1.18. The fourth-order valence-electron chi connectivity index (χ4n) is 0.682. The first-order valence-electron chi connectivity index (χ1n) is 3.07. The van der Waals surface area contributed by atoms with E-state index in [2.05, 4.69) is 11.9 Å². The van der Waals surface area contributed by atoms with Crippen LogP contribution in [0.4, 0.5) is 0 Å². The lowest BCUT2D eigenvalue weighted by atomic mass is 10.1. The minimum absolute atomic E-state index is 0.0578. The van der Waals surface area contributed by atoms with Crippen LogP contribution in [0.25, 0.3) is 0 Å². The molecule has 1 radical (unpaired) electrons. The third kappa shape index (κ3) is 1.41. The van der Waals surface area contributed by atoms with Crippen molar-refractivity contribution in [1.82, 2.24) is 4.98 Å². The Balaban J connectivity index is 2.85. The summed E-state index contributed by atoms with van der Waals surface area (Å²) in [5.74, 6) is 0.0578. The Morgan fingerprint density at radius 1 is 1.50 bits per heavy atom. The smallest absolute Gasteiger partial charge is 0.162 e. The first-order chi connectivity index (χ1) is 4.84. The Labute approximate surface area is 59.9 Å². The molecule has 0 atom stereocenters. The Kier molecular flexibility index (Phi) is 2.15. The number of Topliss-reactive ketones (excluding diaryl/α,β-unsaturated/α-hetero) is 1. The molecule has 0 bridgehead atoms. The van der Waals surface area contributed by atoms with Crippen molar-refractivity contribution >= 4 is 5.78 Å². The largest absolute Gasteiger partial charge is 0.294 e. The van der Waals surface area contributed by atoms with Gasteiger partial charge in [0, 0.05) is 24.4 Å². The molecule has 2 nitrogen and oxygen atoms in total. The number of carbonyl (C=O) groups excluding carboxylic acids is 1. The first-order valence-corrected chi connectivity index (χ1v) is 3.07. The van der Waals surface area contributed by atoms with E-state index >= 15 is 0 Å². The fourth-order valence-corrected chi connectivity index (χ4v) is 0.682. The van der Waals surface area contributed by atoms with E-state index in [4.69, 9.17) is 0 Å². The molecule has 0 fully saturated rings. The van der Waals surface area contributed by atoms with Crippen LogP contribution in [0.3, 0.4) is 0 Å². The number of hydrogen-bond acceptors (Lipinski definition) is 2. The van der Waals surface area contributed by atoms with Crippen molar-refractivity contribution in [2.75, 3.05) is 0 Å². The average Bonchev–Trinajstić information content (AvgIpc) is 2.05. The highest BCUT2D eigenvalue weighted by Gasteiger charge is 1.99. The summed E-state index contributed by atoms with van der Waals surface area (Å²) in [6, 6.07) is 3.38. The highest BCUT2D eigenvalue weighted by molar-refractivity contribution is 5.96. The molecule has 0 aliphatic heterocycles. The van der Waals surface area contributed by atoms with Gasteiger partial charge in [-0.2, -0.15) is 0 Å². The average molecular weight is 134 g/mol. The van der Waals surface area contributed by atoms with E-state index in [9.17, 15) is 4.79 Å². The minimum atomic E-state index is 0.0578. The SMILES string of the molecule is [CH2]CC(=O)c1ccncc1. The molecule has 2 heteroatoms. The van der Waals surface area contributed by atoms with Gasteiger partial charge in [-0.15, -0.1) is 0 Å². The Morgan fingerprint density at radius 3 is 2.60 bits per heavy atom. The Morgan fingerprint density at radius 2 is 2.10 bits per heavy atom. The highest BCUT2D eigenvalue weighted by Crippen LogP contribution is 1.99. The second kappa shape index (κ2) is 3.11. The topological polar surface area (TPSA) is 30.0 Å². The number of ketones is 1. The van der Waals surface area contributed by atoms with Gasteiger partial charge < -0.3 is 0 Å². The van der Waals surface area contributed by atoms with Gasteiger partial charge in [0.1, 0.15) is 0 Å². The van der Waals surface area contributed by atoms with Crippen LogP contribution in [-0.4, -0.2) is 10.8 Å². The summed E-state index contributed by atoms with van der Waals surface area (Å²) in [7, 11) is 0. The second-order valence-corrected chi connectivity index (χ2v) is 1.91. The number of rotatable bonds is 2. The van der Waals surface area contributed by atoms with E-state index in [1.807, 2.05) is 0 Å². The predicted octanol–water partition coefficient (Wildman–Crippen LogP) is 1.49. The molecule has 0 aromatic carbocycles. The van der Waals surface area contributed by atoms with Gasteiger partial charge in [-0.3, -0.25) is 9.78 Å². The number of aromatic nitrogens is 1. The maximum atomic E-state index is 10.9. The molecule has 1 heterocycles. The van der Waals surface area contributed by atoms with Crippen molar-refractivity contribution in [3.63, 3.8) is 0 Å². The van der Waals surface area contributed by atoms with Crippen LogP contribution in [0, 0.1) is 6.92 Å². The summed E-state index contributed by atoms with van der Waals surface area (Å²) in [5.41, 5.74) is 0.685. The van der Waals surface area contributed by atoms with E-state index in [1.54, 1.807) is 24.5 Å². The van der Waals surface area contributed by atoms with Crippen LogP contribution >= 0.6 is 0 Å². The van der Waals surface area contributed by atoms with Gasteiger partial charge in [0.05, 0.1) is 0 Å². The van der Waals surface area contributed by atoms with Gasteiger partial charge in [0.2, 0.25) is 0 Å². The summed E-state index contributed by atoms with van der Waals surface area (Å²) in [5, 5.41) is 0. The molecule has 0 amide bonds. The molecule has 10 heavy (non-hydrogen) atoms. The molecule has 0 unspecified atom stereocenters. The summed E-state index contributed by atoms with van der Waals surface area (Å²) >= 11 is 0. The second-order valence-electron chi connectivity index (χ2n) is 1.91. The van der Waals surface area contributed by atoms with Crippen LogP contribution in [0.1, 0.15) is 16.8 Å². The van der Waals surface area contributed by atoms with Crippen LogP contribution in [0.2, 0.25) is 0 Å². The van der Waals surface area contributed by atoms with Crippen molar-refractivity contribution in [3.8, 4) is 0 Å². The summed E-state index contributed by atoms with van der Waals surface area (Å²) < 4.78 is 0.